The van der Waals surface area contributed by atoms with Gasteiger partial charge >= 0.3 is 0 Å². The summed E-state index contributed by atoms with van der Waals surface area (Å²) in [5.74, 6) is 0.538. The van der Waals surface area contributed by atoms with Crippen molar-refractivity contribution in [2.24, 2.45) is 28.6 Å². The molecule has 0 aromatic rings. The first kappa shape index (κ1) is 15.8. The minimum atomic E-state index is -1.30. The van der Waals surface area contributed by atoms with Crippen LogP contribution in [0.1, 0.15) is 65.2 Å². The zero-order valence-corrected chi connectivity index (χ0v) is 14.2. The third kappa shape index (κ3) is 1.85. The molecule has 4 aliphatic carbocycles. The van der Waals surface area contributed by atoms with Crippen LogP contribution in [0.15, 0.2) is 0 Å². The van der Waals surface area contributed by atoms with Crippen LogP contribution < -0.4 is 0 Å². The molecule has 0 bridgehead atoms. The zero-order valence-electron chi connectivity index (χ0n) is 14.2. The van der Waals surface area contributed by atoms with E-state index in [1.165, 1.54) is 0 Å². The standard InChI is InChI=1S/C19H28O4/c1-17-9-13(21)8-15(17)14-4-3-11-7-12(20)5-6-18(11,2)19(14,23)16(22)10-17/h11,13-15,21,23H,3-10H2,1-2H3/t11-,13+,14+,15+,17-,18-,19-/m0/s1. The number of carbonyl (C=O) groups excluding carboxylic acids is 2. The first-order valence-corrected chi connectivity index (χ1v) is 9.16. The van der Waals surface area contributed by atoms with E-state index in [0.717, 1.165) is 12.8 Å². The molecule has 128 valence electrons. The van der Waals surface area contributed by atoms with Crippen LogP contribution >= 0.6 is 0 Å². The molecular weight excluding hydrogens is 292 g/mol. The number of ketones is 2. The van der Waals surface area contributed by atoms with E-state index in [2.05, 4.69) is 6.92 Å². The molecule has 4 fully saturated rings. The van der Waals surface area contributed by atoms with Crippen LogP contribution in [-0.4, -0.2) is 33.5 Å². The van der Waals surface area contributed by atoms with Crippen LogP contribution in [0.4, 0.5) is 0 Å². The van der Waals surface area contributed by atoms with E-state index in [-0.39, 0.29) is 40.8 Å². The Kier molecular flexibility index (Phi) is 3.20. The summed E-state index contributed by atoms with van der Waals surface area (Å²) in [5.41, 5.74) is -1.94. The van der Waals surface area contributed by atoms with E-state index in [4.69, 9.17) is 0 Å². The molecule has 7 atom stereocenters. The maximum atomic E-state index is 13.1. The lowest BCUT2D eigenvalue weighted by atomic mass is 9.42. The number of hydrogen-bond donors (Lipinski definition) is 2. The van der Waals surface area contributed by atoms with Gasteiger partial charge in [-0.2, -0.15) is 0 Å². The van der Waals surface area contributed by atoms with Gasteiger partial charge in [-0.05, 0) is 55.3 Å². The zero-order chi connectivity index (χ0) is 16.6. The lowest BCUT2D eigenvalue weighted by Crippen LogP contribution is -2.69. The molecule has 0 aromatic carbocycles. The van der Waals surface area contributed by atoms with E-state index in [1.54, 1.807) is 0 Å². The quantitative estimate of drug-likeness (QED) is 0.718. The first-order chi connectivity index (χ1) is 10.7. The second-order valence-corrected chi connectivity index (χ2v) is 9.26. The fourth-order valence-electron chi connectivity index (χ4n) is 6.86. The number of fused-ring (bicyclic) bond motifs is 5. The average Bonchev–Trinajstić information content (AvgIpc) is 2.76. The Morgan fingerprint density at radius 2 is 1.87 bits per heavy atom. The van der Waals surface area contributed by atoms with Gasteiger partial charge in [-0.15, -0.1) is 0 Å². The van der Waals surface area contributed by atoms with Crippen molar-refractivity contribution in [3.05, 3.63) is 0 Å². The van der Waals surface area contributed by atoms with Gasteiger partial charge in [-0.25, -0.2) is 0 Å². The van der Waals surface area contributed by atoms with Gasteiger partial charge in [-0.3, -0.25) is 9.59 Å². The Balaban J connectivity index is 1.77. The molecule has 4 rings (SSSR count). The normalized spacial score (nSPS) is 56.0. The number of carbonyl (C=O) groups is 2. The molecule has 0 heterocycles. The van der Waals surface area contributed by atoms with Gasteiger partial charge in [-0.1, -0.05) is 13.8 Å². The van der Waals surface area contributed by atoms with Crippen LogP contribution in [-0.2, 0) is 9.59 Å². The molecule has 0 radical (unpaired) electrons. The van der Waals surface area contributed by atoms with Crippen LogP contribution in [0.3, 0.4) is 0 Å². The fraction of sp³-hybridized carbons (Fsp3) is 0.895. The third-order valence-electron chi connectivity index (χ3n) is 8.13. The Hall–Kier alpha value is -0.740. The highest BCUT2D eigenvalue weighted by molar-refractivity contribution is 5.91. The molecule has 2 N–H and O–H groups in total. The fourth-order valence-corrected chi connectivity index (χ4v) is 6.86. The summed E-state index contributed by atoms with van der Waals surface area (Å²) in [6.45, 7) is 4.16. The summed E-state index contributed by atoms with van der Waals surface area (Å²) in [7, 11) is 0. The maximum absolute atomic E-state index is 13.1. The molecule has 4 saturated carbocycles. The summed E-state index contributed by atoms with van der Waals surface area (Å²) in [5, 5.41) is 21.9. The Bertz CT molecular complexity index is 572. The monoisotopic (exact) mass is 320 g/mol. The second kappa shape index (κ2) is 4.66. The van der Waals surface area contributed by atoms with Crippen LogP contribution in [0.25, 0.3) is 0 Å². The molecule has 0 aromatic heterocycles. The second-order valence-electron chi connectivity index (χ2n) is 9.26. The number of hydrogen-bond acceptors (Lipinski definition) is 4. The predicted molar refractivity (Wildman–Crippen MR) is 84.6 cm³/mol. The minimum absolute atomic E-state index is 0.0306. The number of aliphatic hydroxyl groups excluding tert-OH is 1. The SMILES string of the molecule is C[C@]12CC(=O)[C@@]3(O)[C@H](CC[C@H]4CC(=O)CC[C@@]43C)[C@H]1C[C@@H](O)C2. The predicted octanol–water partition coefficient (Wildman–Crippen LogP) is 2.25. The third-order valence-corrected chi connectivity index (χ3v) is 8.13. The summed E-state index contributed by atoms with van der Waals surface area (Å²) >= 11 is 0. The molecule has 4 nitrogen and oxygen atoms in total. The van der Waals surface area contributed by atoms with E-state index in [9.17, 15) is 19.8 Å². The van der Waals surface area contributed by atoms with Crippen LogP contribution in [0.5, 0.6) is 0 Å². The molecule has 0 unspecified atom stereocenters. The summed E-state index contributed by atoms with van der Waals surface area (Å²) < 4.78 is 0. The number of rotatable bonds is 0. The average molecular weight is 320 g/mol. The Morgan fingerprint density at radius 3 is 2.61 bits per heavy atom. The first-order valence-electron chi connectivity index (χ1n) is 9.16. The van der Waals surface area contributed by atoms with Gasteiger partial charge < -0.3 is 10.2 Å². The lowest BCUT2D eigenvalue weighted by Gasteiger charge is -2.63. The summed E-state index contributed by atoms with van der Waals surface area (Å²) in [6.07, 6.45) is 4.76. The summed E-state index contributed by atoms with van der Waals surface area (Å²) in [6, 6.07) is 0. The molecule has 0 spiro atoms. The molecule has 4 aliphatic rings. The van der Waals surface area contributed by atoms with Gasteiger partial charge in [0.25, 0.3) is 0 Å². The van der Waals surface area contributed by atoms with Gasteiger partial charge in [0.15, 0.2) is 5.78 Å². The van der Waals surface area contributed by atoms with E-state index >= 15 is 0 Å². The van der Waals surface area contributed by atoms with E-state index in [1.807, 2.05) is 6.92 Å². The molecular formula is C19H28O4. The molecule has 0 aliphatic heterocycles. The highest BCUT2D eigenvalue weighted by atomic mass is 16.3. The molecule has 0 saturated heterocycles. The molecule has 4 heteroatoms. The van der Waals surface area contributed by atoms with Crippen molar-refractivity contribution in [2.45, 2.75) is 76.9 Å². The highest BCUT2D eigenvalue weighted by Crippen LogP contribution is 2.66. The van der Waals surface area contributed by atoms with Crippen molar-refractivity contribution in [1.29, 1.82) is 0 Å². The van der Waals surface area contributed by atoms with Crippen molar-refractivity contribution in [3.8, 4) is 0 Å². The highest BCUT2D eigenvalue weighted by Gasteiger charge is 2.69. The number of aliphatic hydroxyl groups is 2. The Morgan fingerprint density at radius 1 is 1.13 bits per heavy atom. The largest absolute Gasteiger partial charge is 0.393 e. The smallest absolute Gasteiger partial charge is 0.165 e. The minimum Gasteiger partial charge on any atom is -0.393 e. The number of Topliss-reactive ketones (excluding diaryl/α,β-unsaturated/α-hetero) is 2. The van der Waals surface area contributed by atoms with Crippen LogP contribution in [0.2, 0.25) is 0 Å². The van der Waals surface area contributed by atoms with Gasteiger partial charge in [0.2, 0.25) is 0 Å². The molecule has 0 amide bonds. The Labute approximate surface area is 137 Å². The van der Waals surface area contributed by atoms with E-state index < -0.39 is 11.0 Å². The van der Waals surface area contributed by atoms with Crippen molar-refractivity contribution in [3.63, 3.8) is 0 Å². The van der Waals surface area contributed by atoms with Gasteiger partial charge in [0.05, 0.1) is 6.10 Å². The van der Waals surface area contributed by atoms with Gasteiger partial charge in [0, 0.05) is 24.7 Å². The van der Waals surface area contributed by atoms with Gasteiger partial charge in [0.1, 0.15) is 11.4 Å². The van der Waals surface area contributed by atoms with Crippen molar-refractivity contribution >= 4 is 11.6 Å². The van der Waals surface area contributed by atoms with Crippen molar-refractivity contribution in [1.82, 2.24) is 0 Å². The van der Waals surface area contributed by atoms with Crippen molar-refractivity contribution < 1.29 is 19.8 Å². The maximum Gasteiger partial charge on any atom is 0.165 e. The summed E-state index contributed by atoms with van der Waals surface area (Å²) in [4.78, 5) is 25.0. The lowest BCUT2D eigenvalue weighted by molar-refractivity contribution is -0.220. The topological polar surface area (TPSA) is 74.6 Å². The van der Waals surface area contributed by atoms with Crippen molar-refractivity contribution in [2.75, 3.05) is 0 Å². The van der Waals surface area contributed by atoms with Crippen LogP contribution in [0, 0.1) is 28.6 Å². The molecule has 23 heavy (non-hydrogen) atoms. The van der Waals surface area contributed by atoms with E-state index in [0.29, 0.717) is 38.5 Å².